The molecule has 1 aliphatic heterocycles. The largest absolute Gasteiger partial charge is 0.466 e. The molecule has 1 saturated carbocycles. The Hall–Kier alpha value is -3.52. The van der Waals surface area contributed by atoms with E-state index in [1.807, 2.05) is 0 Å². The summed E-state index contributed by atoms with van der Waals surface area (Å²) in [6.45, 7) is 1.98. The fourth-order valence-corrected chi connectivity index (χ4v) is 6.55. The van der Waals surface area contributed by atoms with Crippen molar-refractivity contribution in [2.24, 2.45) is 10.3 Å². The van der Waals surface area contributed by atoms with Gasteiger partial charge in [0.15, 0.2) is 0 Å². The van der Waals surface area contributed by atoms with Crippen molar-refractivity contribution >= 4 is 49.1 Å². The molecule has 2 atom stereocenters. The van der Waals surface area contributed by atoms with E-state index in [-0.39, 0.29) is 35.3 Å². The first-order valence-electron chi connectivity index (χ1n) is 12.3. The lowest BCUT2D eigenvalue weighted by Crippen LogP contribution is -2.45. The van der Waals surface area contributed by atoms with Gasteiger partial charge in [0.2, 0.25) is 15.9 Å². The molecule has 0 unspecified atom stereocenters. The highest BCUT2D eigenvalue weighted by atomic mass is 32.2. The number of nitrogens with one attached hydrogen (secondary N) is 2. The molecule has 14 heteroatoms. The van der Waals surface area contributed by atoms with E-state index >= 15 is 0 Å². The normalized spacial score (nSPS) is 19.8. The molecule has 0 aromatic heterocycles. The van der Waals surface area contributed by atoms with Gasteiger partial charge < -0.3 is 15.0 Å². The maximum Gasteiger partial charge on any atom is 0.311 e. The van der Waals surface area contributed by atoms with Crippen molar-refractivity contribution in [2.45, 2.75) is 50.1 Å². The van der Waals surface area contributed by atoms with Gasteiger partial charge in [0.25, 0.3) is 10.0 Å². The molecule has 0 spiro atoms. The van der Waals surface area contributed by atoms with Crippen LogP contribution >= 0.6 is 0 Å². The number of carbonyl (C=O) groups is 2. The van der Waals surface area contributed by atoms with E-state index in [9.17, 15) is 30.8 Å². The van der Waals surface area contributed by atoms with E-state index in [0.717, 1.165) is 12.3 Å². The fraction of sp³-hybridized carbons (Fsp3) is 0.400. The van der Waals surface area contributed by atoms with Crippen LogP contribution in [0.1, 0.15) is 38.2 Å². The van der Waals surface area contributed by atoms with Gasteiger partial charge in [-0.1, -0.05) is 18.6 Å². The molecule has 2 aromatic rings. The molecule has 0 saturated heterocycles. The third kappa shape index (κ3) is 6.92. The number of anilines is 2. The van der Waals surface area contributed by atoms with Gasteiger partial charge in [0, 0.05) is 18.3 Å². The Labute approximate surface area is 226 Å². The minimum absolute atomic E-state index is 0.0491. The number of sulfonamides is 2. The van der Waals surface area contributed by atoms with Gasteiger partial charge in [0.1, 0.15) is 16.5 Å². The summed E-state index contributed by atoms with van der Waals surface area (Å²) < 4.78 is 73.6. The number of hydrogen-bond acceptors (Lipinski definition) is 8. The summed E-state index contributed by atoms with van der Waals surface area (Å²) in [6.07, 6.45) is 2.33. The monoisotopic (exact) mass is 580 g/mol. The smallest absolute Gasteiger partial charge is 0.311 e. The molecule has 1 amide bonds. The Kier molecular flexibility index (Phi) is 8.25. The standard InChI is InChI=1S/C25H29FN4O7S2/c1-3-37-25(32)19-5-4-6-21(19)30(15-16-7-9-17(26)10-8-16)24(31)14-23-27-20-12-11-18(28-38(2,33)34)13-22(20)39(35,36)29-23/h7-13,19,21,28H,3-6,14-15H2,1-2H3,(H,27,29)/t19-,21+/m1/s1. The first-order valence-corrected chi connectivity index (χ1v) is 15.6. The molecule has 1 aliphatic carbocycles. The predicted octanol–water partition coefficient (Wildman–Crippen LogP) is 2.86. The van der Waals surface area contributed by atoms with Crippen molar-refractivity contribution in [3.63, 3.8) is 0 Å². The lowest BCUT2D eigenvalue weighted by atomic mass is 10.0. The molecule has 2 N–H and O–H groups in total. The number of rotatable bonds is 9. The number of carbonyl (C=O) groups excluding carboxylic acids is 2. The highest BCUT2D eigenvalue weighted by Crippen LogP contribution is 2.34. The zero-order valence-corrected chi connectivity index (χ0v) is 23.0. The second-order valence-electron chi connectivity index (χ2n) is 9.40. The molecule has 11 nitrogen and oxygen atoms in total. The summed E-state index contributed by atoms with van der Waals surface area (Å²) in [4.78, 5) is 27.5. The van der Waals surface area contributed by atoms with Gasteiger partial charge in [-0.25, -0.2) is 12.8 Å². The number of hydrogen-bond donors (Lipinski definition) is 2. The number of amidine groups is 1. The minimum Gasteiger partial charge on any atom is -0.466 e. The van der Waals surface area contributed by atoms with E-state index in [1.54, 1.807) is 19.1 Å². The Morgan fingerprint density at radius 2 is 1.90 bits per heavy atom. The van der Waals surface area contributed by atoms with Crippen LogP contribution in [0.25, 0.3) is 0 Å². The van der Waals surface area contributed by atoms with Crippen molar-refractivity contribution < 1.29 is 35.6 Å². The van der Waals surface area contributed by atoms with E-state index in [2.05, 4.69) is 14.4 Å². The van der Waals surface area contributed by atoms with Crippen molar-refractivity contribution in [1.82, 2.24) is 4.90 Å². The second-order valence-corrected chi connectivity index (χ2v) is 12.7. The van der Waals surface area contributed by atoms with Gasteiger partial charge in [-0.2, -0.15) is 8.42 Å². The van der Waals surface area contributed by atoms with Crippen LogP contribution in [-0.2, 0) is 40.9 Å². The zero-order valence-electron chi connectivity index (χ0n) is 21.4. The average Bonchev–Trinajstić information content (AvgIpc) is 3.32. The predicted molar refractivity (Wildman–Crippen MR) is 142 cm³/mol. The van der Waals surface area contributed by atoms with Gasteiger partial charge in [-0.05, 0) is 55.7 Å². The highest BCUT2D eigenvalue weighted by Gasteiger charge is 2.40. The van der Waals surface area contributed by atoms with E-state index < -0.39 is 56.1 Å². The Bertz CT molecular complexity index is 1510. The van der Waals surface area contributed by atoms with Crippen LogP contribution in [-0.4, -0.2) is 58.4 Å². The van der Waals surface area contributed by atoms with Crippen LogP contribution in [0, 0.1) is 11.7 Å². The molecule has 39 heavy (non-hydrogen) atoms. The Balaban J connectivity index is 1.60. The fourth-order valence-electron chi connectivity index (χ4n) is 4.83. The number of amides is 1. The quantitative estimate of drug-likeness (QED) is 0.430. The number of esters is 1. The van der Waals surface area contributed by atoms with Crippen molar-refractivity contribution in [2.75, 3.05) is 22.9 Å². The summed E-state index contributed by atoms with van der Waals surface area (Å²) in [6, 6.07) is 9.06. The van der Waals surface area contributed by atoms with E-state index in [4.69, 9.17) is 4.74 Å². The molecule has 0 bridgehead atoms. The van der Waals surface area contributed by atoms with Crippen LogP contribution < -0.4 is 10.0 Å². The average molecular weight is 581 g/mol. The second kappa shape index (κ2) is 11.3. The number of fused-ring (bicyclic) bond motifs is 1. The summed E-state index contributed by atoms with van der Waals surface area (Å²) in [5, 5.41) is 2.85. The molecule has 1 fully saturated rings. The number of ether oxygens (including phenoxy) is 1. The topological polar surface area (TPSA) is 151 Å². The summed E-state index contributed by atoms with van der Waals surface area (Å²) in [5.41, 5.74) is 0.831. The molecule has 4 rings (SSSR count). The zero-order chi connectivity index (χ0) is 28.4. The van der Waals surface area contributed by atoms with Gasteiger partial charge in [-0.3, -0.25) is 14.3 Å². The van der Waals surface area contributed by atoms with Crippen molar-refractivity contribution in [3.05, 3.63) is 53.8 Å². The third-order valence-electron chi connectivity index (χ3n) is 6.45. The summed E-state index contributed by atoms with van der Waals surface area (Å²) in [5.74, 6) is -1.96. The maximum absolute atomic E-state index is 13.6. The SMILES string of the molecule is CCOC(=O)[C@@H]1CCC[C@@H]1N(Cc1ccc(F)cc1)C(=O)CC1=NS(=O)(=O)c2cc(NS(C)(=O)=O)ccc2N1. The van der Waals surface area contributed by atoms with Gasteiger partial charge in [-0.15, -0.1) is 4.40 Å². The van der Waals surface area contributed by atoms with Crippen LogP contribution in [0.5, 0.6) is 0 Å². The van der Waals surface area contributed by atoms with Crippen LogP contribution in [0.2, 0.25) is 0 Å². The molecule has 210 valence electrons. The van der Waals surface area contributed by atoms with Gasteiger partial charge in [0.05, 0.1) is 30.9 Å². The lowest BCUT2D eigenvalue weighted by Gasteiger charge is -2.33. The molecular formula is C25H29FN4O7S2. The van der Waals surface area contributed by atoms with Crippen LogP contribution in [0.15, 0.2) is 51.8 Å². The molecule has 2 aromatic carbocycles. The lowest BCUT2D eigenvalue weighted by molar-refractivity contribution is -0.151. The third-order valence-corrected chi connectivity index (χ3v) is 8.41. The Morgan fingerprint density at radius 3 is 2.56 bits per heavy atom. The highest BCUT2D eigenvalue weighted by molar-refractivity contribution is 7.92. The molecule has 1 heterocycles. The first kappa shape index (κ1) is 28.5. The summed E-state index contributed by atoms with van der Waals surface area (Å²) >= 11 is 0. The molecule has 0 radical (unpaired) electrons. The van der Waals surface area contributed by atoms with E-state index in [1.165, 1.54) is 29.2 Å². The number of nitrogens with zero attached hydrogens (tertiary/aromatic N) is 2. The van der Waals surface area contributed by atoms with E-state index in [0.29, 0.717) is 24.8 Å². The van der Waals surface area contributed by atoms with Crippen molar-refractivity contribution in [3.8, 4) is 0 Å². The maximum atomic E-state index is 13.6. The van der Waals surface area contributed by atoms with Gasteiger partial charge >= 0.3 is 5.97 Å². The minimum atomic E-state index is -4.25. The molecule has 2 aliphatic rings. The number of benzene rings is 2. The van der Waals surface area contributed by atoms with Crippen LogP contribution in [0.3, 0.4) is 0 Å². The molecular weight excluding hydrogens is 551 g/mol. The number of halogens is 1. The first-order chi connectivity index (χ1) is 18.4. The van der Waals surface area contributed by atoms with Crippen molar-refractivity contribution in [1.29, 1.82) is 0 Å². The Morgan fingerprint density at radius 1 is 1.18 bits per heavy atom. The van der Waals surface area contributed by atoms with Crippen LogP contribution in [0.4, 0.5) is 15.8 Å². The summed E-state index contributed by atoms with van der Waals surface area (Å²) in [7, 11) is -7.88.